The van der Waals surface area contributed by atoms with E-state index >= 15 is 0 Å². The second-order valence-electron chi connectivity index (χ2n) is 1.93. The summed E-state index contributed by atoms with van der Waals surface area (Å²) < 4.78 is 21.4. The van der Waals surface area contributed by atoms with Crippen LogP contribution in [0.25, 0.3) is 0 Å². The van der Waals surface area contributed by atoms with Crippen LogP contribution in [0.15, 0.2) is 34.1 Å². The van der Waals surface area contributed by atoms with Crippen molar-refractivity contribution in [3.63, 3.8) is 0 Å². The second kappa shape index (κ2) is 4.88. The monoisotopic (exact) mass is 232 g/mol. The van der Waals surface area contributed by atoms with E-state index in [1.165, 1.54) is 12.1 Å². The third-order valence-corrected chi connectivity index (χ3v) is 2.79. The maximum absolute atomic E-state index is 10.7. The first-order valence-electron chi connectivity index (χ1n) is 2.74. The van der Waals surface area contributed by atoms with Gasteiger partial charge in [-0.2, -0.15) is 0 Å². The van der Waals surface area contributed by atoms with Gasteiger partial charge in [0.15, 0.2) is 0 Å². The van der Waals surface area contributed by atoms with Gasteiger partial charge in [-0.05, 0) is 24.3 Å². The van der Waals surface area contributed by atoms with Gasteiger partial charge >= 0.3 is 29.6 Å². The van der Waals surface area contributed by atoms with Gasteiger partial charge in [-0.25, -0.2) is 8.42 Å². The number of thiol groups is 1. The molecule has 1 aromatic rings. The van der Waals surface area contributed by atoms with E-state index in [1.54, 1.807) is 12.1 Å². The minimum absolute atomic E-state index is 0. The van der Waals surface area contributed by atoms with Crippen LogP contribution in [-0.2, 0) is 9.05 Å². The average molecular weight is 233 g/mol. The summed E-state index contributed by atoms with van der Waals surface area (Å²) in [5.41, 5.74) is 0. The van der Waals surface area contributed by atoms with Crippen LogP contribution in [0.3, 0.4) is 0 Å². The Kier molecular flexibility index (Phi) is 5.21. The van der Waals surface area contributed by atoms with E-state index in [9.17, 15) is 8.42 Å². The van der Waals surface area contributed by atoms with E-state index in [-0.39, 0.29) is 34.5 Å². The van der Waals surface area contributed by atoms with Crippen molar-refractivity contribution in [3.05, 3.63) is 24.3 Å². The molecule has 0 bridgehead atoms. The zero-order chi connectivity index (χ0) is 8.48. The molecule has 0 spiro atoms. The molecule has 0 aromatic heterocycles. The van der Waals surface area contributed by atoms with E-state index < -0.39 is 9.05 Å². The van der Waals surface area contributed by atoms with Crippen LogP contribution in [0, 0.1) is 0 Å². The molecule has 0 saturated heterocycles. The molecule has 0 amide bonds. The van der Waals surface area contributed by atoms with Crippen LogP contribution in [0.1, 0.15) is 0 Å². The van der Waals surface area contributed by atoms with Crippen LogP contribution in [0.2, 0.25) is 0 Å². The first-order valence-corrected chi connectivity index (χ1v) is 5.49. The minimum atomic E-state index is -3.58. The average Bonchev–Trinajstić information content (AvgIpc) is 1.86. The van der Waals surface area contributed by atoms with Gasteiger partial charge in [-0.3, -0.25) is 0 Å². The quantitative estimate of drug-likeness (QED) is 0.449. The third-order valence-electron chi connectivity index (χ3n) is 1.12. The summed E-state index contributed by atoms with van der Waals surface area (Å²) in [4.78, 5) is 0.797. The van der Waals surface area contributed by atoms with Crippen LogP contribution < -0.4 is 0 Å². The van der Waals surface area contributed by atoms with E-state index in [2.05, 4.69) is 12.6 Å². The van der Waals surface area contributed by atoms with Crippen molar-refractivity contribution in [3.8, 4) is 0 Å². The van der Waals surface area contributed by atoms with Crippen molar-refractivity contribution >= 4 is 61.9 Å². The summed E-state index contributed by atoms with van der Waals surface area (Å²) in [5.74, 6) is 0. The molecule has 0 aliphatic rings. The molecule has 62 valence electrons. The molecule has 12 heavy (non-hydrogen) atoms. The third kappa shape index (κ3) is 3.68. The number of halogens is 1. The SMILES string of the molecule is O=S(=O)(Cl)c1ccc(S)cc1.[NaH]. The Bertz CT molecular complexity index is 346. The normalized spacial score (nSPS) is 10.5. The predicted octanol–water partition coefficient (Wildman–Crippen LogP) is 1.25. The van der Waals surface area contributed by atoms with Gasteiger partial charge in [0.25, 0.3) is 9.05 Å². The fraction of sp³-hybridized carbons (Fsp3) is 0. The van der Waals surface area contributed by atoms with E-state index in [1.807, 2.05) is 0 Å². The molecule has 1 rings (SSSR count). The Morgan fingerprint density at radius 1 is 1.17 bits per heavy atom. The molecule has 0 aliphatic carbocycles. The molecule has 0 saturated carbocycles. The van der Waals surface area contributed by atoms with Gasteiger partial charge in [0, 0.05) is 15.6 Å². The van der Waals surface area contributed by atoms with Gasteiger partial charge in [0.05, 0.1) is 4.90 Å². The van der Waals surface area contributed by atoms with Gasteiger partial charge in [-0.15, -0.1) is 12.6 Å². The van der Waals surface area contributed by atoms with E-state index in [0.29, 0.717) is 4.90 Å². The molecule has 1 aromatic carbocycles. The fourth-order valence-corrected chi connectivity index (χ4v) is 1.53. The Balaban J connectivity index is 0.00000121. The Morgan fingerprint density at radius 3 is 1.92 bits per heavy atom. The van der Waals surface area contributed by atoms with Gasteiger partial charge in [0.2, 0.25) is 0 Å². The van der Waals surface area contributed by atoms with E-state index in [4.69, 9.17) is 10.7 Å². The summed E-state index contributed by atoms with van der Waals surface area (Å²) in [6.07, 6.45) is 0. The molecule has 0 aliphatic heterocycles. The zero-order valence-corrected chi connectivity index (χ0v) is 7.83. The Hall–Kier alpha value is 0.810. The van der Waals surface area contributed by atoms with Crippen molar-refractivity contribution in [1.82, 2.24) is 0 Å². The summed E-state index contributed by atoms with van der Waals surface area (Å²) >= 11 is 3.99. The molecular formula is C6H6ClNaO2S2. The number of hydrogen-bond acceptors (Lipinski definition) is 3. The predicted molar refractivity (Wildman–Crippen MR) is 53.9 cm³/mol. The van der Waals surface area contributed by atoms with Gasteiger partial charge in [-0.1, -0.05) is 0 Å². The number of hydrogen-bond donors (Lipinski definition) is 1. The van der Waals surface area contributed by atoms with Crippen molar-refractivity contribution in [2.45, 2.75) is 9.79 Å². The van der Waals surface area contributed by atoms with Gasteiger partial charge < -0.3 is 0 Å². The molecule has 6 heteroatoms. The molecule has 0 fully saturated rings. The molecule has 0 unspecified atom stereocenters. The van der Waals surface area contributed by atoms with Crippen LogP contribution >= 0.6 is 23.3 Å². The van der Waals surface area contributed by atoms with Crippen LogP contribution in [0.4, 0.5) is 0 Å². The zero-order valence-electron chi connectivity index (χ0n) is 5.36. The fourth-order valence-electron chi connectivity index (χ4n) is 0.609. The summed E-state index contributed by atoms with van der Waals surface area (Å²) in [6, 6.07) is 5.95. The van der Waals surface area contributed by atoms with Crippen molar-refractivity contribution < 1.29 is 8.42 Å². The first-order chi connectivity index (χ1) is 5.00. The second-order valence-corrected chi connectivity index (χ2v) is 5.01. The molecule has 0 radical (unpaired) electrons. The maximum atomic E-state index is 10.7. The molecule has 0 atom stereocenters. The van der Waals surface area contributed by atoms with E-state index in [0.717, 1.165) is 0 Å². The summed E-state index contributed by atoms with van der Waals surface area (Å²) in [7, 11) is 1.48. The Morgan fingerprint density at radius 2 is 1.58 bits per heavy atom. The van der Waals surface area contributed by atoms with Crippen LogP contribution in [-0.4, -0.2) is 38.0 Å². The van der Waals surface area contributed by atoms with Crippen LogP contribution in [0.5, 0.6) is 0 Å². The standard InChI is InChI=1S/C6H5ClO2S2.Na.H/c7-11(8,9)6-3-1-5(10)2-4-6;;/h1-4,10H;;. The number of benzene rings is 1. The van der Waals surface area contributed by atoms with Crippen molar-refractivity contribution in [1.29, 1.82) is 0 Å². The molecular weight excluding hydrogens is 227 g/mol. The summed E-state index contributed by atoms with van der Waals surface area (Å²) in [6.45, 7) is 0. The summed E-state index contributed by atoms with van der Waals surface area (Å²) in [5, 5.41) is 0. The first kappa shape index (κ1) is 12.8. The molecule has 2 nitrogen and oxygen atoms in total. The van der Waals surface area contributed by atoms with Crippen molar-refractivity contribution in [2.75, 3.05) is 0 Å². The Labute approximate surface area is 103 Å². The molecule has 0 N–H and O–H groups in total. The number of rotatable bonds is 1. The van der Waals surface area contributed by atoms with Crippen molar-refractivity contribution in [2.24, 2.45) is 0 Å². The molecule has 0 heterocycles. The topological polar surface area (TPSA) is 34.1 Å². The van der Waals surface area contributed by atoms with Gasteiger partial charge in [0.1, 0.15) is 0 Å².